The Balaban J connectivity index is 1.29. The fraction of sp³-hybridized carbons (Fsp3) is 0.278. The molecule has 0 saturated heterocycles. The largest absolute Gasteiger partial charge is 0.356 e. The maximum atomic E-state index is 12.1. The summed E-state index contributed by atoms with van der Waals surface area (Å²) >= 11 is 1.57. The summed E-state index contributed by atoms with van der Waals surface area (Å²) in [6.07, 6.45) is 5.05. The molecule has 1 N–H and O–H groups in total. The second kappa shape index (κ2) is 6.68. The van der Waals surface area contributed by atoms with Crippen LogP contribution >= 0.6 is 11.3 Å². The van der Waals surface area contributed by atoms with Crippen molar-refractivity contribution in [2.45, 2.75) is 26.3 Å². The first-order valence-electron chi connectivity index (χ1n) is 8.30. The van der Waals surface area contributed by atoms with Gasteiger partial charge in [0, 0.05) is 30.9 Å². The summed E-state index contributed by atoms with van der Waals surface area (Å²) in [5, 5.41) is 4.96. The number of nitrogens with zero attached hydrogens (tertiary/aromatic N) is 4. The molecule has 7 heteroatoms. The van der Waals surface area contributed by atoms with Crippen molar-refractivity contribution in [3.05, 3.63) is 53.6 Å². The molecule has 4 aromatic rings. The van der Waals surface area contributed by atoms with Crippen LogP contribution in [-0.4, -0.2) is 31.4 Å². The Morgan fingerprint density at radius 2 is 2.16 bits per heavy atom. The van der Waals surface area contributed by atoms with E-state index in [1.54, 1.807) is 11.3 Å². The summed E-state index contributed by atoms with van der Waals surface area (Å²) in [6.45, 7) is 3.50. The Hall–Kier alpha value is -2.67. The molecule has 4 rings (SSSR count). The fourth-order valence-electron chi connectivity index (χ4n) is 3.03. The van der Waals surface area contributed by atoms with Crippen molar-refractivity contribution in [2.24, 2.45) is 0 Å². The van der Waals surface area contributed by atoms with Crippen LogP contribution in [0.1, 0.15) is 17.9 Å². The van der Waals surface area contributed by atoms with Gasteiger partial charge in [0.25, 0.3) is 0 Å². The minimum Gasteiger partial charge on any atom is -0.356 e. The Kier molecular flexibility index (Phi) is 4.23. The van der Waals surface area contributed by atoms with Crippen LogP contribution in [0.2, 0.25) is 0 Å². The molecule has 0 radical (unpaired) electrons. The predicted molar refractivity (Wildman–Crippen MR) is 98.9 cm³/mol. The van der Waals surface area contributed by atoms with E-state index in [1.807, 2.05) is 47.3 Å². The summed E-state index contributed by atoms with van der Waals surface area (Å²) in [6, 6.07) is 8.13. The Labute approximate surface area is 149 Å². The van der Waals surface area contributed by atoms with E-state index in [2.05, 4.69) is 25.9 Å². The zero-order chi connectivity index (χ0) is 17.2. The first kappa shape index (κ1) is 15.8. The highest BCUT2D eigenvalue weighted by atomic mass is 32.1. The van der Waals surface area contributed by atoms with Gasteiger partial charge in [0.1, 0.15) is 5.82 Å². The molecule has 3 heterocycles. The molecule has 0 aliphatic rings. The molecule has 6 nitrogen and oxygen atoms in total. The summed E-state index contributed by atoms with van der Waals surface area (Å²) in [5.41, 5.74) is 2.97. The number of hydrogen-bond acceptors (Lipinski definition) is 4. The Bertz CT molecular complexity index is 1000. The number of nitrogens with one attached hydrogen (secondary N) is 1. The molecule has 0 atom stereocenters. The first-order chi connectivity index (χ1) is 12.2. The van der Waals surface area contributed by atoms with Crippen LogP contribution in [0.4, 0.5) is 0 Å². The summed E-state index contributed by atoms with van der Waals surface area (Å²) < 4.78 is 4.14. The van der Waals surface area contributed by atoms with Crippen molar-refractivity contribution < 1.29 is 4.79 Å². The van der Waals surface area contributed by atoms with Crippen molar-refractivity contribution in [3.8, 4) is 0 Å². The molecule has 0 spiro atoms. The molecule has 0 bridgehead atoms. The maximum absolute atomic E-state index is 12.1. The number of carbonyl (C=O) groups is 1. The van der Waals surface area contributed by atoms with Crippen LogP contribution in [-0.2, 0) is 17.8 Å². The van der Waals surface area contributed by atoms with E-state index >= 15 is 0 Å². The second-order valence-electron chi connectivity index (χ2n) is 6.00. The first-order valence-corrected chi connectivity index (χ1v) is 9.18. The number of hydrogen-bond donors (Lipinski definition) is 1. The molecular weight excluding hydrogens is 334 g/mol. The molecule has 1 amide bonds. The minimum atomic E-state index is 0.0120. The number of benzene rings is 1. The number of carbonyl (C=O) groups excluding carboxylic acids is 1. The number of amides is 1. The zero-order valence-corrected chi connectivity index (χ0v) is 14.8. The van der Waals surface area contributed by atoms with Gasteiger partial charge in [0.15, 0.2) is 4.96 Å². The lowest BCUT2D eigenvalue weighted by Crippen LogP contribution is -2.27. The van der Waals surface area contributed by atoms with Crippen LogP contribution in [0.15, 0.2) is 42.0 Å². The van der Waals surface area contributed by atoms with Crippen molar-refractivity contribution >= 4 is 33.2 Å². The molecule has 0 aliphatic carbocycles. The van der Waals surface area contributed by atoms with Crippen molar-refractivity contribution in [2.75, 3.05) is 6.54 Å². The monoisotopic (exact) mass is 353 g/mol. The van der Waals surface area contributed by atoms with E-state index in [0.717, 1.165) is 40.5 Å². The van der Waals surface area contributed by atoms with E-state index in [0.29, 0.717) is 13.0 Å². The van der Waals surface area contributed by atoms with E-state index in [-0.39, 0.29) is 5.91 Å². The molecular formula is C18H19N5OS. The van der Waals surface area contributed by atoms with Gasteiger partial charge in [-0.2, -0.15) is 0 Å². The van der Waals surface area contributed by atoms with Crippen LogP contribution in [0.3, 0.4) is 0 Å². The van der Waals surface area contributed by atoms with Gasteiger partial charge in [-0.1, -0.05) is 12.1 Å². The molecule has 0 fully saturated rings. The number of imidazole rings is 2. The molecule has 0 unspecified atom stereocenters. The van der Waals surface area contributed by atoms with Gasteiger partial charge in [-0.05, 0) is 25.5 Å². The summed E-state index contributed by atoms with van der Waals surface area (Å²) in [4.78, 5) is 22.0. The smallest absolute Gasteiger partial charge is 0.226 e. The van der Waals surface area contributed by atoms with Gasteiger partial charge in [-0.15, -0.1) is 11.3 Å². The van der Waals surface area contributed by atoms with Gasteiger partial charge in [-0.3, -0.25) is 9.20 Å². The Morgan fingerprint density at radius 3 is 3.04 bits per heavy atom. The highest BCUT2D eigenvalue weighted by Crippen LogP contribution is 2.15. The van der Waals surface area contributed by atoms with E-state index in [1.165, 1.54) is 0 Å². The lowest BCUT2D eigenvalue weighted by atomic mass is 10.3. The number of para-hydroxylation sites is 2. The summed E-state index contributed by atoms with van der Waals surface area (Å²) in [5.74, 6) is 1.02. The van der Waals surface area contributed by atoms with Gasteiger partial charge in [0.2, 0.25) is 5.91 Å². The van der Waals surface area contributed by atoms with Crippen LogP contribution in [0.5, 0.6) is 0 Å². The molecule has 3 aromatic heterocycles. The standard InChI is InChI=1S/C18H19N5OS/c1-13-20-15-5-2-3-6-16(15)23(13)8-4-7-19-17(24)11-14-12-22-9-10-25-18(22)21-14/h2-3,5-6,9-10,12H,4,7-8,11H2,1H3,(H,19,24). The predicted octanol–water partition coefficient (Wildman–Crippen LogP) is 2.80. The number of thiazole rings is 1. The van der Waals surface area contributed by atoms with Gasteiger partial charge >= 0.3 is 0 Å². The Morgan fingerprint density at radius 1 is 1.28 bits per heavy atom. The molecule has 128 valence electrons. The third-order valence-corrected chi connectivity index (χ3v) is 4.98. The fourth-order valence-corrected chi connectivity index (χ4v) is 3.75. The third kappa shape index (κ3) is 3.28. The zero-order valence-electron chi connectivity index (χ0n) is 14.0. The molecule has 0 saturated carbocycles. The highest BCUT2D eigenvalue weighted by molar-refractivity contribution is 7.15. The lowest BCUT2D eigenvalue weighted by Gasteiger charge is -2.08. The minimum absolute atomic E-state index is 0.0120. The molecule has 0 aliphatic heterocycles. The second-order valence-corrected chi connectivity index (χ2v) is 6.88. The van der Waals surface area contributed by atoms with Crippen molar-refractivity contribution in [1.29, 1.82) is 0 Å². The van der Waals surface area contributed by atoms with Gasteiger partial charge in [-0.25, -0.2) is 9.97 Å². The molecule has 25 heavy (non-hydrogen) atoms. The number of aromatic nitrogens is 4. The summed E-state index contributed by atoms with van der Waals surface area (Å²) in [7, 11) is 0. The third-order valence-electron chi connectivity index (χ3n) is 4.21. The lowest BCUT2D eigenvalue weighted by molar-refractivity contribution is -0.120. The van der Waals surface area contributed by atoms with Gasteiger partial charge < -0.3 is 9.88 Å². The quantitative estimate of drug-likeness (QED) is 0.542. The number of fused-ring (bicyclic) bond motifs is 2. The topological polar surface area (TPSA) is 64.2 Å². The van der Waals surface area contributed by atoms with Crippen LogP contribution in [0.25, 0.3) is 16.0 Å². The van der Waals surface area contributed by atoms with Crippen molar-refractivity contribution in [3.63, 3.8) is 0 Å². The maximum Gasteiger partial charge on any atom is 0.226 e. The average molecular weight is 353 g/mol. The normalized spacial score (nSPS) is 11.4. The van der Waals surface area contributed by atoms with Crippen LogP contribution in [0, 0.1) is 6.92 Å². The van der Waals surface area contributed by atoms with E-state index < -0.39 is 0 Å². The number of rotatable bonds is 6. The average Bonchev–Trinajstić information content (AvgIpc) is 3.25. The highest BCUT2D eigenvalue weighted by Gasteiger charge is 2.09. The molecule has 1 aromatic carbocycles. The SMILES string of the molecule is Cc1nc2ccccc2n1CCCNC(=O)Cc1cn2ccsc2n1. The van der Waals surface area contributed by atoms with Crippen LogP contribution < -0.4 is 5.32 Å². The van der Waals surface area contributed by atoms with E-state index in [9.17, 15) is 4.79 Å². The number of aryl methyl sites for hydroxylation is 2. The van der Waals surface area contributed by atoms with Crippen molar-refractivity contribution in [1.82, 2.24) is 24.3 Å². The van der Waals surface area contributed by atoms with E-state index in [4.69, 9.17) is 0 Å². The van der Waals surface area contributed by atoms with Gasteiger partial charge in [0.05, 0.1) is 23.1 Å².